The van der Waals surface area contributed by atoms with E-state index in [0.717, 1.165) is 22.9 Å². The Morgan fingerprint density at radius 2 is 2.19 bits per heavy atom. The van der Waals surface area contributed by atoms with Crippen LogP contribution in [-0.2, 0) is 7.05 Å². The number of nitrogens with zero attached hydrogens (tertiary/aromatic N) is 3. The molecule has 2 rings (SSSR count). The molecule has 0 saturated carbocycles. The van der Waals surface area contributed by atoms with Crippen LogP contribution in [0.15, 0.2) is 12.4 Å². The van der Waals surface area contributed by atoms with Gasteiger partial charge in [-0.3, -0.25) is 5.10 Å². The smallest absolute Gasteiger partial charge is 0.130 e. The van der Waals surface area contributed by atoms with Gasteiger partial charge in [0.05, 0.1) is 23.1 Å². The Kier molecular flexibility index (Phi) is 2.68. The van der Waals surface area contributed by atoms with Crippen molar-refractivity contribution in [3.05, 3.63) is 29.6 Å². The molecular formula is C11H17N5. The first kappa shape index (κ1) is 10.7. The van der Waals surface area contributed by atoms with E-state index in [1.165, 1.54) is 0 Å². The predicted molar refractivity (Wildman–Crippen MR) is 63.3 cm³/mol. The van der Waals surface area contributed by atoms with Gasteiger partial charge in [0.1, 0.15) is 5.82 Å². The lowest BCUT2D eigenvalue weighted by molar-refractivity contribution is 0.720. The van der Waals surface area contributed by atoms with Crippen molar-refractivity contribution < 1.29 is 0 Å². The summed E-state index contributed by atoms with van der Waals surface area (Å²) in [5, 5.41) is 10.5. The van der Waals surface area contributed by atoms with E-state index in [-0.39, 0.29) is 6.04 Å². The third-order valence-electron chi connectivity index (χ3n) is 2.73. The minimum absolute atomic E-state index is 0.162. The molecule has 0 radical (unpaired) electrons. The van der Waals surface area contributed by atoms with Crippen LogP contribution in [0.3, 0.4) is 0 Å². The minimum atomic E-state index is 0.162. The lowest BCUT2D eigenvalue weighted by atomic mass is 10.2. The Labute approximate surface area is 94.9 Å². The summed E-state index contributed by atoms with van der Waals surface area (Å²) < 4.78 is 2.02. The van der Waals surface area contributed by atoms with E-state index in [1.54, 1.807) is 0 Å². The van der Waals surface area contributed by atoms with E-state index in [9.17, 15) is 0 Å². The molecule has 5 nitrogen and oxygen atoms in total. The summed E-state index contributed by atoms with van der Waals surface area (Å²) >= 11 is 0. The standard InChI is InChI=1S/C11H17N5/c1-7-10(8(2)15-14-7)13-9(3)11-12-5-6-16(11)4/h5-6,9,13H,1-4H3,(H,14,15). The first-order valence-electron chi connectivity index (χ1n) is 5.35. The van der Waals surface area contributed by atoms with Gasteiger partial charge in [0.15, 0.2) is 0 Å². The highest BCUT2D eigenvalue weighted by atomic mass is 15.2. The fourth-order valence-corrected chi connectivity index (χ4v) is 1.84. The second-order valence-electron chi connectivity index (χ2n) is 4.07. The topological polar surface area (TPSA) is 58.5 Å². The first-order chi connectivity index (χ1) is 7.59. The Balaban J connectivity index is 2.20. The SMILES string of the molecule is Cc1n[nH]c(C)c1NC(C)c1nccn1C. The van der Waals surface area contributed by atoms with Crippen molar-refractivity contribution in [2.45, 2.75) is 26.8 Å². The average Bonchev–Trinajstić information content (AvgIpc) is 2.79. The Morgan fingerprint density at radius 1 is 1.44 bits per heavy atom. The zero-order chi connectivity index (χ0) is 11.7. The molecule has 0 bridgehead atoms. The van der Waals surface area contributed by atoms with Gasteiger partial charge in [-0.1, -0.05) is 0 Å². The summed E-state index contributed by atoms with van der Waals surface area (Å²) in [4.78, 5) is 4.33. The molecule has 1 unspecified atom stereocenters. The molecule has 0 amide bonds. The van der Waals surface area contributed by atoms with Gasteiger partial charge in [-0.05, 0) is 20.8 Å². The van der Waals surface area contributed by atoms with Gasteiger partial charge < -0.3 is 9.88 Å². The van der Waals surface area contributed by atoms with Gasteiger partial charge in [0.2, 0.25) is 0 Å². The van der Waals surface area contributed by atoms with Crippen LogP contribution >= 0.6 is 0 Å². The number of hydrogen-bond donors (Lipinski definition) is 2. The van der Waals surface area contributed by atoms with E-state index in [0.29, 0.717) is 0 Å². The summed E-state index contributed by atoms with van der Waals surface area (Å²) in [6.07, 6.45) is 3.76. The molecule has 2 N–H and O–H groups in total. The van der Waals surface area contributed by atoms with Crippen molar-refractivity contribution >= 4 is 5.69 Å². The number of aryl methyl sites for hydroxylation is 3. The summed E-state index contributed by atoms with van der Waals surface area (Å²) in [6.45, 7) is 6.08. The highest BCUT2D eigenvalue weighted by Gasteiger charge is 2.13. The van der Waals surface area contributed by atoms with Gasteiger partial charge in [-0.2, -0.15) is 5.10 Å². The molecular weight excluding hydrogens is 202 g/mol. The third kappa shape index (κ3) is 1.80. The second-order valence-corrected chi connectivity index (χ2v) is 4.07. The number of nitrogens with one attached hydrogen (secondary N) is 2. The van der Waals surface area contributed by atoms with Crippen LogP contribution in [0, 0.1) is 13.8 Å². The maximum atomic E-state index is 4.33. The highest BCUT2D eigenvalue weighted by molar-refractivity contribution is 5.52. The zero-order valence-corrected chi connectivity index (χ0v) is 10.1. The average molecular weight is 219 g/mol. The highest BCUT2D eigenvalue weighted by Crippen LogP contribution is 2.22. The summed E-state index contributed by atoms with van der Waals surface area (Å²) in [5.41, 5.74) is 3.10. The largest absolute Gasteiger partial charge is 0.372 e. The lowest BCUT2D eigenvalue weighted by Crippen LogP contribution is -2.12. The molecule has 16 heavy (non-hydrogen) atoms. The molecule has 0 fully saturated rings. The fourth-order valence-electron chi connectivity index (χ4n) is 1.84. The van der Waals surface area contributed by atoms with Crippen molar-refractivity contribution in [2.24, 2.45) is 7.05 Å². The predicted octanol–water partition coefficient (Wildman–Crippen LogP) is 1.93. The van der Waals surface area contributed by atoms with Crippen molar-refractivity contribution in [1.82, 2.24) is 19.7 Å². The molecule has 2 aromatic heterocycles. The number of H-pyrrole nitrogens is 1. The van der Waals surface area contributed by atoms with Crippen LogP contribution < -0.4 is 5.32 Å². The monoisotopic (exact) mass is 219 g/mol. The van der Waals surface area contributed by atoms with Crippen LogP contribution in [0.4, 0.5) is 5.69 Å². The van der Waals surface area contributed by atoms with E-state index >= 15 is 0 Å². The van der Waals surface area contributed by atoms with Gasteiger partial charge in [-0.15, -0.1) is 0 Å². The summed E-state index contributed by atoms with van der Waals surface area (Å²) in [5.74, 6) is 1.01. The van der Waals surface area contributed by atoms with Crippen LogP contribution in [0.5, 0.6) is 0 Å². The number of anilines is 1. The number of rotatable bonds is 3. The maximum Gasteiger partial charge on any atom is 0.130 e. The van der Waals surface area contributed by atoms with E-state index in [2.05, 4.69) is 27.4 Å². The van der Waals surface area contributed by atoms with Crippen molar-refractivity contribution in [1.29, 1.82) is 0 Å². The van der Waals surface area contributed by atoms with Gasteiger partial charge >= 0.3 is 0 Å². The molecule has 5 heteroatoms. The quantitative estimate of drug-likeness (QED) is 0.829. The molecule has 0 saturated heterocycles. The molecule has 0 aliphatic rings. The van der Waals surface area contributed by atoms with Gasteiger partial charge in [0, 0.05) is 19.4 Å². The molecule has 0 aliphatic heterocycles. The number of hydrogen-bond acceptors (Lipinski definition) is 3. The maximum absolute atomic E-state index is 4.33. The third-order valence-corrected chi connectivity index (χ3v) is 2.73. The van der Waals surface area contributed by atoms with Crippen LogP contribution in [0.1, 0.15) is 30.2 Å². The Morgan fingerprint density at radius 3 is 2.69 bits per heavy atom. The summed E-state index contributed by atoms with van der Waals surface area (Å²) in [6, 6.07) is 0.162. The van der Waals surface area contributed by atoms with Crippen molar-refractivity contribution in [3.8, 4) is 0 Å². The Bertz CT molecular complexity index is 463. The van der Waals surface area contributed by atoms with E-state index < -0.39 is 0 Å². The van der Waals surface area contributed by atoms with Crippen LogP contribution in [0.2, 0.25) is 0 Å². The molecule has 0 aromatic carbocycles. The van der Waals surface area contributed by atoms with Crippen LogP contribution in [0.25, 0.3) is 0 Å². The van der Waals surface area contributed by atoms with E-state index in [4.69, 9.17) is 0 Å². The number of aromatic amines is 1. The minimum Gasteiger partial charge on any atom is -0.372 e. The fraction of sp³-hybridized carbons (Fsp3) is 0.455. The molecule has 1 atom stereocenters. The van der Waals surface area contributed by atoms with Gasteiger partial charge in [0.25, 0.3) is 0 Å². The molecule has 86 valence electrons. The molecule has 0 spiro atoms. The molecule has 2 aromatic rings. The number of aromatic nitrogens is 4. The zero-order valence-electron chi connectivity index (χ0n) is 10.1. The second kappa shape index (κ2) is 4.00. The van der Waals surface area contributed by atoms with E-state index in [1.807, 2.05) is 37.9 Å². The summed E-state index contributed by atoms with van der Waals surface area (Å²) in [7, 11) is 2.00. The number of imidazole rings is 1. The molecule has 0 aliphatic carbocycles. The lowest BCUT2D eigenvalue weighted by Gasteiger charge is -2.15. The normalized spacial score (nSPS) is 12.8. The van der Waals surface area contributed by atoms with Crippen molar-refractivity contribution in [2.75, 3.05) is 5.32 Å². The van der Waals surface area contributed by atoms with Crippen LogP contribution in [-0.4, -0.2) is 19.7 Å². The van der Waals surface area contributed by atoms with Gasteiger partial charge in [-0.25, -0.2) is 4.98 Å². The molecule has 2 heterocycles. The first-order valence-corrected chi connectivity index (χ1v) is 5.35. The Hall–Kier alpha value is -1.78. The van der Waals surface area contributed by atoms with Crippen molar-refractivity contribution in [3.63, 3.8) is 0 Å².